The van der Waals surface area contributed by atoms with Crippen LogP contribution in [0.5, 0.6) is 5.75 Å². The molecule has 0 saturated heterocycles. The van der Waals surface area contributed by atoms with Gasteiger partial charge in [-0.3, -0.25) is 4.57 Å². The van der Waals surface area contributed by atoms with Gasteiger partial charge in [0.05, 0.1) is 11.5 Å². The molecule has 1 aliphatic rings. The molecule has 3 heterocycles. The van der Waals surface area contributed by atoms with Gasteiger partial charge >= 0.3 is 5.69 Å². The Hall–Kier alpha value is -2.34. The van der Waals surface area contributed by atoms with Crippen molar-refractivity contribution in [2.24, 2.45) is 5.92 Å². The van der Waals surface area contributed by atoms with E-state index in [9.17, 15) is 4.79 Å². The maximum atomic E-state index is 12.1. The highest BCUT2D eigenvalue weighted by atomic mass is 32.1. The van der Waals surface area contributed by atoms with Gasteiger partial charge in [0.25, 0.3) is 0 Å². The Labute approximate surface area is 143 Å². The molecule has 0 atom stereocenters. The van der Waals surface area contributed by atoms with Crippen LogP contribution in [-0.2, 0) is 13.0 Å². The van der Waals surface area contributed by atoms with Crippen molar-refractivity contribution in [3.63, 3.8) is 0 Å². The molecule has 0 unspecified atom stereocenters. The van der Waals surface area contributed by atoms with E-state index in [2.05, 4.69) is 36.2 Å². The van der Waals surface area contributed by atoms with Crippen molar-refractivity contribution in [1.29, 1.82) is 0 Å². The largest absolute Gasteiger partial charge is 0.493 e. The highest BCUT2D eigenvalue weighted by molar-refractivity contribution is 7.19. The molecule has 24 heavy (non-hydrogen) atoms. The molecule has 0 saturated carbocycles. The number of aromatic amines is 1. The number of thiophene rings is 1. The van der Waals surface area contributed by atoms with Gasteiger partial charge in [-0.05, 0) is 29.7 Å². The number of para-hydroxylation sites is 1. The molecular weight excluding hydrogens is 322 g/mol. The molecule has 1 N–H and O–H groups in total. The summed E-state index contributed by atoms with van der Waals surface area (Å²) in [5, 5.41) is 6.86. The lowest BCUT2D eigenvalue weighted by Gasteiger charge is -2.07. The van der Waals surface area contributed by atoms with E-state index in [1.165, 1.54) is 10.4 Å². The minimum atomic E-state index is -0.147. The number of ether oxygens (including phenoxy) is 1. The zero-order valence-corrected chi connectivity index (χ0v) is 14.5. The fraction of sp³-hybridized carbons (Fsp3) is 0.333. The molecule has 6 heteroatoms. The number of hydrogen-bond acceptors (Lipinski definition) is 4. The van der Waals surface area contributed by atoms with Gasteiger partial charge in [0.1, 0.15) is 5.75 Å². The molecule has 124 valence electrons. The van der Waals surface area contributed by atoms with Crippen LogP contribution in [0.3, 0.4) is 0 Å². The summed E-state index contributed by atoms with van der Waals surface area (Å²) in [6, 6.07) is 10.3. The summed E-state index contributed by atoms with van der Waals surface area (Å²) in [6.45, 7) is 5.52. The summed E-state index contributed by atoms with van der Waals surface area (Å²) in [5.74, 6) is 2.03. The molecular formula is C18H19N3O2S. The van der Waals surface area contributed by atoms with Crippen LogP contribution in [0, 0.1) is 5.92 Å². The van der Waals surface area contributed by atoms with Crippen LogP contribution in [0.2, 0.25) is 0 Å². The highest BCUT2D eigenvalue weighted by Gasteiger charge is 2.21. The number of rotatable bonds is 3. The van der Waals surface area contributed by atoms with E-state index in [0.29, 0.717) is 19.1 Å². The predicted octanol–water partition coefficient (Wildman–Crippen LogP) is 3.56. The monoisotopic (exact) mass is 341 g/mol. The third-order valence-corrected chi connectivity index (χ3v) is 5.30. The average molecular weight is 341 g/mol. The number of hydrogen-bond donors (Lipinski definition) is 1. The van der Waals surface area contributed by atoms with Crippen molar-refractivity contribution in [2.45, 2.75) is 26.8 Å². The maximum absolute atomic E-state index is 12.1. The minimum absolute atomic E-state index is 0.147. The van der Waals surface area contributed by atoms with E-state index in [1.807, 2.05) is 18.2 Å². The summed E-state index contributed by atoms with van der Waals surface area (Å²) in [7, 11) is 0. The summed E-state index contributed by atoms with van der Waals surface area (Å²) >= 11 is 1.68. The van der Waals surface area contributed by atoms with Crippen LogP contribution in [0.1, 0.15) is 19.4 Å². The molecule has 4 rings (SSSR count). The van der Waals surface area contributed by atoms with E-state index in [4.69, 9.17) is 4.74 Å². The van der Waals surface area contributed by atoms with E-state index in [-0.39, 0.29) is 5.69 Å². The number of H-pyrrole nitrogens is 1. The van der Waals surface area contributed by atoms with Gasteiger partial charge < -0.3 is 4.74 Å². The predicted molar refractivity (Wildman–Crippen MR) is 95.6 cm³/mol. The Morgan fingerprint density at radius 1 is 1.38 bits per heavy atom. The van der Waals surface area contributed by atoms with E-state index in [0.717, 1.165) is 28.4 Å². The second-order valence-corrected chi connectivity index (χ2v) is 7.47. The van der Waals surface area contributed by atoms with Crippen molar-refractivity contribution >= 4 is 11.3 Å². The number of nitrogens with one attached hydrogen (secondary N) is 1. The van der Waals surface area contributed by atoms with Crippen LogP contribution < -0.4 is 10.4 Å². The average Bonchev–Trinajstić information content (AvgIpc) is 3.08. The molecule has 5 nitrogen and oxygen atoms in total. The normalized spacial score (nSPS) is 13.3. The lowest BCUT2D eigenvalue weighted by atomic mass is 10.1. The molecule has 2 aromatic heterocycles. The lowest BCUT2D eigenvalue weighted by Crippen LogP contribution is -2.20. The standard InChI is InChI=1S/C18H19N3O2S/c1-11(2)10-21-17(19-20-18(21)22)15-9-12-7-8-23-14-6-4-3-5-13(14)16(12)24-15/h3-6,9,11H,7-8,10H2,1-2H3,(H,20,22). The van der Waals surface area contributed by atoms with Crippen LogP contribution in [0.4, 0.5) is 0 Å². The van der Waals surface area contributed by atoms with E-state index in [1.54, 1.807) is 15.9 Å². The van der Waals surface area contributed by atoms with Crippen LogP contribution in [0.25, 0.3) is 21.1 Å². The first-order chi connectivity index (χ1) is 11.6. The van der Waals surface area contributed by atoms with Gasteiger partial charge in [0.2, 0.25) is 0 Å². The van der Waals surface area contributed by atoms with Gasteiger partial charge in [-0.1, -0.05) is 26.0 Å². The van der Waals surface area contributed by atoms with Crippen LogP contribution in [-0.4, -0.2) is 21.4 Å². The van der Waals surface area contributed by atoms with Gasteiger partial charge in [-0.25, -0.2) is 9.89 Å². The molecule has 0 amide bonds. The zero-order valence-electron chi connectivity index (χ0n) is 13.7. The number of nitrogens with zero attached hydrogens (tertiary/aromatic N) is 2. The second kappa shape index (κ2) is 5.94. The van der Waals surface area contributed by atoms with Crippen LogP contribution >= 0.6 is 11.3 Å². The lowest BCUT2D eigenvalue weighted by molar-refractivity contribution is 0.326. The molecule has 3 aromatic rings. The quantitative estimate of drug-likeness (QED) is 0.792. The fourth-order valence-electron chi connectivity index (χ4n) is 3.04. The molecule has 0 spiro atoms. The third-order valence-electron chi connectivity index (χ3n) is 4.10. The first-order valence-corrected chi connectivity index (χ1v) is 8.95. The first kappa shape index (κ1) is 15.2. The van der Waals surface area contributed by atoms with Crippen molar-refractivity contribution in [3.8, 4) is 26.9 Å². The Bertz CT molecular complexity index is 936. The Morgan fingerprint density at radius 3 is 3.04 bits per heavy atom. The molecule has 0 bridgehead atoms. The fourth-order valence-corrected chi connectivity index (χ4v) is 4.28. The topological polar surface area (TPSA) is 59.9 Å². The number of fused-ring (bicyclic) bond motifs is 3. The second-order valence-electron chi connectivity index (χ2n) is 6.42. The Kier molecular flexibility index (Phi) is 3.76. The van der Waals surface area contributed by atoms with Gasteiger partial charge in [0.15, 0.2) is 5.82 Å². The molecule has 0 fully saturated rings. The van der Waals surface area contributed by atoms with Crippen molar-refractivity contribution in [1.82, 2.24) is 14.8 Å². The van der Waals surface area contributed by atoms with Gasteiger partial charge in [-0.15, -0.1) is 11.3 Å². The van der Waals surface area contributed by atoms with E-state index < -0.39 is 0 Å². The molecule has 0 aliphatic carbocycles. The highest BCUT2D eigenvalue weighted by Crippen LogP contribution is 2.43. The molecule has 1 aliphatic heterocycles. The number of aromatic nitrogens is 3. The maximum Gasteiger partial charge on any atom is 0.343 e. The summed E-state index contributed by atoms with van der Waals surface area (Å²) in [5.41, 5.74) is 2.23. The Balaban J connectivity index is 1.84. The summed E-state index contributed by atoms with van der Waals surface area (Å²) in [6.07, 6.45) is 0.860. The third kappa shape index (κ3) is 2.57. The number of benzene rings is 1. The van der Waals surface area contributed by atoms with Crippen LogP contribution in [0.15, 0.2) is 35.1 Å². The van der Waals surface area contributed by atoms with Crippen molar-refractivity contribution in [3.05, 3.63) is 46.4 Å². The smallest absolute Gasteiger partial charge is 0.343 e. The summed E-state index contributed by atoms with van der Waals surface area (Å²) < 4.78 is 7.58. The molecule has 0 radical (unpaired) electrons. The van der Waals surface area contributed by atoms with Gasteiger partial charge in [-0.2, -0.15) is 5.10 Å². The SMILES string of the molecule is CC(C)Cn1c(-c2cc3c(s2)-c2ccccc2OCC3)n[nH]c1=O. The van der Waals surface area contributed by atoms with Gasteiger partial charge in [0, 0.05) is 23.4 Å². The first-order valence-electron chi connectivity index (χ1n) is 8.14. The zero-order chi connectivity index (χ0) is 16.7. The van der Waals surface area contributed by atoms with Crippen molar-refractivity contribution in [2.75, 3.05) is 6.61 Å². The summed E-state index contributed by atoms with van der Waals surface area (Å²) in [4.78, 5) is 14.3. The van der Waals surface area contributed by atoms with Crippen molar-refractivity contribution < 1.29 is 4.74 Å². The Morgan fingerprint density at radius 2 is 2.21 bits per heavy atom. The molecule has 1 aromatic carbocycles. The van der Waals surface area contributed by atoms with E-state index >= 15 is 0 Å². The minimum Gasteiger partial charge on any atom is -0.493 e.